The van der Waals surface area contributed by atoms with Gasteiger partial charge in [0.1, 0.15) is 5.75 Å². The molecule has 1 aromatic rings. The van der Waals surface area contributed by atoms with Crippen LogP contribution in [0.3, 0.4) is 0 Å². The quantitative estimate of drug-likeness (QED) is 0.680. The molecule has 2 N–H and O–H groups in total. The van der Waals surface area contributed by atoms with Crippen LogP contribution in [-0.2, 0) is 16.1 Å². The van der Waals surface area contributed by atoms with Crippen LogP contribution in [0.25, 0.3) is 0 Å². The van der Waals surface area contributed by atoms with E-state index in [-0.39, 0.29) is 12.5 Å². The number of amides is 1. The van der Waals surface area contributed by atoms with Crippen LogP contribution in [0.2, 0.25) is 5.02 Å². The highest BCUT2D eigenvalue weighted by molar-refractivity contribution is 6.31. The van der Waals surface area contributed by atoms with Gasteiger partial charge in [-0.3, -0.25) is 4.79 Å². The second-order valence-corrected chi connectivity index (χ2v) is 4.63. The molecule has 0 heterocycles. The summed E-state index contributed by atoms with van der Waals surface area (Å²) in [7, 11) is 3.23. The van der Waals surface area contributed by atoms with Crippen molar-refractivity contribution in [3.8, 4) is 5.75 Å². The second-order valence-electron chi connectivity index (χ2n) is 4.22. The monoisotopic (exact) mass is 300 g/mol. The number of carbonyl (C=O) groups is 1. The Balaban J connectivity index is 2.32. The fourth-order valence-corrected chi connectivity index (χ4v) is 1.94. The number of ether oxygens (including phenoxy) is 2. The summed E-state index contributed by atoms with van der Waals surface area (Å²) in [6, 6.07) is 5.47. The van der Waals surface area contributed by atoms with E-state index >= 15 is 0 Å². The highest BCUT2D eigenvalue weighted by atomic mass is 35.5. The summed E-state index contributed by atoms with van der Waals surface area (Å²) >= 11 is 6.11. The molecule has 0 radical (unpaired) electrons. The molecule has 0 saturated carbocycles. The van der Waals surface area contributed by atoms with Crippen LogP contribution in [-0.4, -0.2) is 39.8 Å². The van der Waals surface area contributed by atoms with E-state index in [0.29, 0.717) is 30.5 Å². The first-order valence-electron chi connectivity index (χ1n) is 6.46. The highest BCUT2D eigenvalue weighted by Gasteiger charge is 2.08. The molecule has 0 fully saturated rings. The summed E-state index contributed by atoms with van der Waals surface area (Å²) in [5.74, 6) is 0.664. The molecule has 112 valence electrons. The maximum Gasteiger partial charge on any atom is 0.233 e. The van der Waals surface area contributed by atoms with Crippen LogP contribution in [0, 0.1) is 0 Å². The Bertz CT molecular complexity index is 427. The lowest BCUT2D eigenvalue weighted by Crippen LogP contribution is -2.34. The van der Waals surface area contributed by atoms with Crippen molar-refractivity contribution in [2.75, 3.05) is 33.9 Å². The molecule has 0 aliphatic carbocycles. The predicted octanol–water partition coefficient (Wildman–Crippen LogP) is 1.59. The molecule has 0 aromatic heterocycles. The van der Waals surface area contributed by atoms with Gasteiger partial charge in [0.15, 0.2) is 0 Å². The van der Waals surface area contributed by atoms with E-state index < -0.39 is 0 Å². The third-order valence-electron chi connectivity index (χ3n) is 2.73. The largest absolute Gasteiger partial charge is 0.496 e. The van der Waals surface area contributed by atoms with Crippen molar-refractivity contribution in [1.29, 1.82) is 0 Å². The lowest BCUT2D eigenvalue weighted by molar-refractivity contribution is -0.120. The maximum atomic E-state index is 11.6. The molecule has 5 nitrogen and oxygen atoms in total. The van der Waals surface area contributed by atoms with E-state index in [4.69, 9.17) is 21.1 Å². The number of hydrogen-bond donors (Lipinski definition) is 2. The molecule has 0 saturated heterocycles. The van der Waals surface area contributed by atoms with Crippen molar-refractivity contribution in [2.45, 2.75) is 13.0 Å². The van der Waals surface area contributed by atoms with E-state index in [9.17, 15) is 4.79 Å². The van der Waals surface area contributed by atoms with Crippen molar-refractivity contribution >= 4 is 17.5 Å². The molecule has 0 unspecified atom stereocenters. The summed E-state index contributed by atoms with van der Waals surface area (Å²) in [5.41, 5.74) is 0.851. The highest BCUT2D eigenvalue weighted by Crippen LogP contribution is 2.25. The minimum Gasteiger partial charge on any atom is -0.496 e. The summed E-state index contributed by atoms with van der Waals surface area (Å²) in [6.07, 6.45) is 0.806. The number of carbonyl (C=O) groups excluding carboxylic acids is 1. The Morgan fingerprint density at radius 1 is 1.35 bits per heavy atom. The van der Waals surface area contributed by atoms with Gasteiger partial charge in [0.2, 0.25) is 5.91 Å². The zero-order valence-electron chi connectivity index (χ0n) is 11.9. The molecule has 0 bridgehead atoms. The Labute approximate surface area is 124 Å². The molecule has 0 aliphatic rings. The van der Waals surface area contributed by atoms with Gasteiger partial charge in [-0.05, 0) is 18.6 Å². The Kier molecular flexibility index (Phi) is 8.02. The number of nitrogens with one attached hydrogen (secondary N) is 2. The van der Waals surface area contributed by atoms with Crippen LogP contribution in [0.1, 0.15) is 12.0 Å². The molecule has 0 spiro atoms. The van der Waals surface area contributed by atoms with E-state index in [1.54, 1.807) is 20.3 Å². The Hall–Kier alpha value is -1.30. The van der Waals surface area contributed by atoms with E-state index in [2.05, 4.69) is 10.6 Å². The molecule has 1 amide bonds. The van der Waals surface area contributed by atoms with Crippen molar-refractivity contribution in [3.05, 3.63) is 28.8 Å². The molecule has 1 rings (SSSR count). The first-order chi connectivity index (χ1) is 9.69. The lowest BCUT2D eigenvalue weighted by Gasteiger charge is -2.11. The Morgan fingerprint density at radius 3 is 2.85 bits per heavy atom. The third-order valence-corrected chi connectivity index (χ3v) is 3.08. The van der Waals surface area contributed by atoms with Crippen molar-refractivity contribution in [1.82, 2.24) is 10.6 Å². The second kappa shape index (κ2) is 9.58. The number of rotatable bonds is 9. The molecule has 0 aliphatic heterocycles. The first-order valence-corrected chi connectivity index (χ1v) is 6.84. The smallest absolute Gasteiger partial charge is 0.233 e. The Morgan fingerprint density at radius 2 is 2.15 bits per heavy atom. The van der Waals surface area contributed by atoms with Crippen molar-refractivity contribution < 1.29 is 14.3 Å². The summed E-state index contributed by atoms with van der Waals surface area (Å²) in [5, 5.41) is 6.47. The van der Waals surface area contributed by atoms with Crippen LogP contribution >= 0.6 is 11.6 Å². The zero-order valence-corrected chi connectivity index (χ0v) is 12.6. The van der Waals surface area contributed by atoms with Crippen molar-refractivity contribution in [3.63, 3.8) is 0 Å². The van der Waals surface area contributed by atoms with Gasteiger partial charge in [0, 0.05) is 37.4 Å². The molecule has 0 atom stereocenters. The maximum absolute atomic E-state index is 11.6. The van der Waals surface area contributed by atoms with Gasteiger partial charge in [0.25, 0.3) is 0 Å². The van der Waals surface area contributed by atoms with E-state index in [1.807, 2.05) is 12.1 Å². The van der Waals surface area contributed by atoms with E-state index in [0.717, 1.165) is 12.0 Å². The fraction of sp³-hybridized carbons (Fsp3) is 0.500. The van der Waals surface area contributed by atoms with Gasteiger partial charge in [0.05, 0.1) is 13.7 Å². The fourth-order valence-electron chi connectivity index (χ4n) is 1.71. The minimum atomic E-state index is -0.0490. The van der Waals surface area contributed by atoms with Gasteiger partial charge in [-0.1, -0.05) is 17.7 Å². The summed E-state index contributed by atoms with van der Waals surface area (Å²) in [6.45, 7) is 1.98. The standard InChI is InChI=1S/C14H21ClN2O3/c1-19-8-4-7-17-14(18)10-16-9-11-12(15)5-3-6-13(11)20-2/h3,5-6,16H,4,7-10H2,1-2H3,(H,17,18). The molecule has 1 aromatic carbocycles. The molecular weight excluding hydrogens is 280 g/mol. The van der Waals surface area contributed by atoms with E-state index in [1.165, 1.54) is 0 Å². The lowest BCUT2D eigenvalue weighted by atomic mass is 10.2. The van der Waals surface area contributed by atoms with Crippen LogP contribution in [0.5, 0.6) is 5.75 Å². The van der Waals surface area contributed by atoms with Crippen molar-refractivity contribution in [2.24, 2.45) is 0 Å². The SMILES string of the molecule is COCCCNC(=O)CNCc1c(Cl)cccc1OC. The van der Waals surface area contributed by atoms with Gasteiger partial charge in [-0.15, -0.1) is 0 Å². The predicted molar refractivity (Wildman–Crippen MR) is 79.2 cm³/mol. The van der Waals surface area contributed by atoms with Crippen LogP contribution in [0.15, 0.2) is 18.2 Å². The average molecular weight is 301 g/mol. The number of benzene rings is 1. The van der Waals surface area contributed by atoms with Crippen LogP contribution in [0.4, 0.5) is 0 Å². The van der Waals surface area contributed by atoms with Gasteiger partial charge in [-0.25, -0.2) is 0 Å². The average Bonchev–Trinajstić information content (AvgIpc) is 2.45. The zero-order chi connectivity index (χ0) is 14.8. The number of hydrogen-bond acceptors (Lipinski definition) is 4. The molecule has 6 heteroatoms. The normalized spacial score (nSPS) is 10.3. The van der Waals surface area contributed by atoms with Gasteiger partial charge >= 0.3 is 0 Å². The minimum absolute atomic E-state index is 0.0490. The van der Waals surface area contributed by atoms with Crippen LogP contribution < -0.4 is 15.4 Å². The summed E-state index contributed by atoms with van der Waals surface area (Å²) in [4.78, 5) is 11.6. The molecule has 20 heavy (non-hydrogen) atoms. The summed E-state index contributed by atoms with van der Waals surface area (Å²) < 4.78 is 10.1. The topological polar surface area (TPSA) is 59.6 Å². The van der Waals surface area contributed by atoms with Gasteiger partial charge in [-0.2, -0.15) is 0 Å². The third kappa shape index (κ3) is 5.77. The van der Waals surface area contributed by atoms with Gasteiger partial charge < -0.3 is 20.1 Å². The number of halogens is 1. The molecular formula is C14H21ClN2O3. The first kappa shape index (κ1) is 16.8. The number of methoxy groups -OCH3 is 2.